The normalized spacial score (nSPS) is 20.6. The van der Waals surface area contributed by atoms with Gasteiger partial charge in [0.05, 0.1) is 5.73 Å². The molecule has 1 N–H and O–H groups in total. The first-order valence-electron chi connectivity index (χ1n) is 2.49. The van der Waals surface area contributed by atoms with E-state index in [1.54, 1.807) is 5.12 Å². The summed E-state index contributed by atoms with van der Waals surface area (Å²) in [5.74, 6) is 0. The zero-order chi connectivity index (χ0) is 6.15. The number of nitrogens with zero attached hydrogens (tertiary/aromatic N) is 3. The summed E-state index contributed by atoms with van der Waals surface area (Å²) >= 11 is 0. The highest BCUT2D eigenvalue weighted by atomic mass is 15.9. The van der Waals surface area contributed by atoms with Crippen LogP contribution in [0, 0.1) is 0 Å². The van der Waals surface area contributed by atoms with E-state index in [0.717, 1.165) is 5.73 Å². The molecule has 6 heteroatoms. The second-order valence-corrected chi connectivity index (χ2v) is 1.81. The Morgan fingerprint density at radius 3 is 2.50 bits per heavy atom. The van der Waals surface area contributed by atoms with Gasteiger partial charge in [-0.15, -0.1) is 5.12 Å². The highest BCUT2D eigenvalue weighted by Gasteiger charge is 2.10. The van der Waals surface area contributed by atoms with Gasteiger partial charge in [-0.2, -0.15) is 5.10 Å². The van der Waals surface area contributed by atoms with Crippen LogP contribution in [0.5, 0.6) is 0 Å². The number of hydrazone groups is 1. The zero-order valence-electron chi connectivity index (χ0n) is 5.34. The summed E-state index contributed by atoms with van der Waals surface area (Å²) < 4.78 is 0. The zero-order valence-corrected chi connectivity index (χ0v) is 5.34. The van der Waals surface area contributed by atoms with Crippen molar-refractivity contribution in [3.05, 3.63) is 0 Å². The lowest BCUT2D eigenvalue weighted by molar-refractivity contribution is 0.129. The van der Waals surface area contributed by atoms with Crippen LogP contribution < -0.4 is 5.53 Å². The third-order valence-corrected chi connectivity index (χ3v) is 1.27. The van der Waals surface area contributed by atoms with Gasteiger partial charge in [0.25, 0.3) is 0 Å². The Balaban J connectivity index is 2.59. The predicted octanol–water partition coefficient (Wildman–Crippen LogP) is -2.89. The highest BCUT2D eigenvalue weighted by Crippen LogP contribution is 1.91. The van der Waals surface area contributed by atoms with Gasteiger partial charge in [0.1, 0.15) is 0 Å². The Kier molecular flexibility index (Phi) is 1.17. The molecule has 0 bridgehead atoms. The second kappa shape index (κ2) is 1.70. The first-order chi connectivity index (χ1) is 3.72. The van der Waals surface area contributed by atoms with Crippen molar-refractivity contribution in [1.29, 1.82) is 0 Å². The molecule has 8 heavy (non-hydrogen) atoms. The van der Waals surface area contributed by atoms with Gasteiger partial charge in [0.15, 0.2) is 7.85 Å². The standard InChI is InChI=1S/C2H8B2N4/c1-7-6-5-2(3)8(7)4/h6H,3-4H2,1H3. The summed E-state index contributed by atoms with van der Waals surface area (Å²) in [6, 6.07) is 0. The van der Waals surface area contributed by atoms with Crippen LogP contribution in [0.25, 0.3) is 0 Å². The van der Waals surface area contributed by atoms with Crippen molar-refractivity contribution in [2.45, 2.75) is 0 Å². The maximum atomic E-state index is 3.92. The maximum Gasteiger partial charge on any atom is 0.242 e. The van der Waals surface area contributed by atoms with E-state index < -0.39 is 0 Å². The van der Waals surface area contributed by atoms with E-state index in [1.165, 1.54) is 0 Å². The van der Waals surface area contributed by atoms with Gasteiger partial charge < -0.3 is 4.92 Å². The van der Waals surface area contributed by atoms with Gasteiger partial charge in [0.2, 0.25) is 7.98 Å². The molecule has 0 fully saturated rings. The van der Waals surface area contributed by atoms with Crippen LogP contribution in [-0.4, -0.2) is 38.6 Å². The molecule has 4 nitrogen and oxygen atoms in total. The van der Waals surface area contributed by atoms with Crippen LogP contribution in [0.1, 0.15) is 0 Å². The maximum absolute atomic E-state index is 3.92. The molecule has 1 aliphatic rings. The molecule has 0 aromatic rings. The molecule has 0 amide bonds. The van der Waals surface area contributed by atoms with Crippen LogP contribution in [0.2, 0.25) is 0 Å². The predicted molar refractivity (Wildman–Crippen MR) is 37.3 cm³/mol. The van der Waals surface area contributed by atoms with Crippen LogP contribution in [0.15, 0.2) is 5.10 Å². The first kappa shape index (κ1) is 5.50. The number of nitrogens with one attached hydrogen (secondary N) is 1. The van der Waals surface area contributed by atoms with Crippen LogP contribution >= 0.6 is 0 Å². The number of hydrogen-bond donors (Lipinski definition) is 1. The topological polar surface area (TPSA) is 30.9 Å². The summed E-state index contributed by atoms with van der Waals surface area (Å²) in [5, 5.41) is 5.72. The van der Waals surface area contributed by atoms with Crippen LogP contribution in [0.3, 0.4) is 0 Å². The van der Waals surface area contributed by atoms with Crippen molar-refractivity contribution in [3.63, 3.8) is 0 Å². The molecular formula is C2H8B2N4. The highest BCUT2D eigenvalue weighted by molar-refractivity contribution is 6.61. The minimum absolute atomic E-state index is 0.979. The molecular weight excluding hydrogens is 102 g/mol. The molecule has 42 valence electrons. The Labute approximate surface area is 50.3 Å². The van der Waals surface area contributed by atoms with Crippen molar-refractivity contribution in [2.75, 3.05) is 7.05 Å². The van der Waals surface area contributed by atoms with Gasteiger partial charge in [-0.1, -0.05) is 0 Å². The summed E-state index contributed by atoms with van der Waals surface area (Å²) in [7, 11) is 5.79. The van der Waals surface area contributed by atoms with E-state index in [9.17, 15) is 0 Å². The van der Waals surface area contributed by atoms with E-state index in [1.807, 2.05) is 27.8 Å². The number of amidine groups is 1. The first-order valence-corrected chi connectivity index (χ1v) is 2.49. The van der Waals surface area contributed by atoms with Crippen molar-refractivity contribution < 1.29 is 0 Å². The fraction of sp³-hybridized carbons (Fsp3) is 0.500. The Morgan fingerprint density at radius 2 is 2.38 bits per heavy atom. The largest absolute Gasteiger partial charge is 0.337 e. The van der Waals surface area contributed by atoms with Crippen molar-refractivity contribution in [2.24, 2.45) is 5.10 Å². The minimum atomic E-state index is 0.979. The quantitative estimate of drug-likeness (QED) is 0.339. The molecule has 1 heterocycles. The van der Waals surface area contributed by atoms with Crippen LogP contribution in [0.4, 0.5) is 0 Å². The summed E-state index contributed by atoms with van der Waals surface area (Å²) in [4.78, 5) is 1.92. The van der Waals surface area contributed by atoms with Gasteiger partial charge in [-0.3, -0.25) is 0 Å². The minimum Gasteiger partial charge on any atom is -0.337 e. The Bertz CT molecular complexity index is 123. The average Bonchev–Trinajstić information content (AvgIpc) is 1.98. The lowest BCUT2D eigenvalue weighted by atomic mass is 10.1. The molecule has 0 saturated carbocycles. The number of hydrogen-bond acceptors (Lipinski definition) is 4. The number of hydrazine groups is 2. The second-order valence-electron chi connectivity index (χ2n) is 1.81. The Morgan fingerprint density at radius 1 is 1.75 bits per heavy atom. The molecule has 1 aliphatic heterocycles. The SMILES string of the molecule is BC1=NNN(C)N1B. The van der Waals surface area contributed by atoms with E-state index in [2.05, 4.69) is 10.6 Å². The molecule has 0 spiro atoms. The summed E-state index contributed by atoms with van der Waals surface area (Å²) in [5.41, 5.74) is 3.75. The van der Waals surface area contributed by atoms with Crippen molar-refractivity contribution in [3.8, 4) is 0 Å². The van der Waals surface area contributed by atoms with E-state index >= 15 is 0 Å². The Hall–Kier alpha value is -0.640. The lowest BCUT2D eigenvalue weighted by Crippen LogP contribution is -2.40. The molecule has 0 aromatic carbocycles. The van der Waals surface area contributed by atoms with Gasteiger partial charge >= 0.3 is 0 Å². The fourth-order valence-electron chi connectivity index (χ4n) is 0.501. The van der Waals surface area contributed by atoms with E-state index in [0.29, 0.717) is 0 Å². The third kappa shape index (κ3) is 0.667. The van der Waals surface area contributed by atoms with Crippen molar-refractivity contribution >= 4 is 21.6 Å². The molecule has 0 unspecified atom stereocenters. The third-order valence-electron chi connectivity index (χ3n) is 1.27. The number of rotatable bonds is 0. The van der Waals surface area contributed by atoms with Gasteiger partial charge in [0, 0.05) is 7.05 Å². The van der Waals surface area contributed by atoms with Crippen molar-refractivity contribution in [1.82, 2.24) is 15.6 Å². The van der Waals surface area contributed by atoms with E-state index in [4.69, 9.17) is 0 Å². The lowest BCUT2D eigenvalue weighted by Gasteiger charge is -2.20. The average molecular weight is 110 g/mol. The van der Waals surface area contributed by atoms with Crippen LogP contribution in [-0.2, 0) is 0 Å². The molecule has 0 aliphatic carbocycles. The molecule has 1 rings (SSSR count). The molecule has 0 saturated heterocycles. The van der Waals surface area contributed by atoms with Gasteiger partial charge in [-0.05, 0) is 0 Å². The molecule has 0 atom stereocenters. The molecule has 0 aromatic heterocycles. The fourth-order valence-corrected chi connectivity index (χ4v) is 0.501. The van der Waals surface area contributed by atoms with E-state index in [-0.39, 0.29) is 0 Å². The smallest absolute Gasteiger partial charge is 0.242 e. The summed E-state index contributed by atoms with van der Waals surface area (Å²) in [6.07, 6.45) is 0. The summed E-state index contributed by atoms with van der Waals surface area (Å²) in [6.45, 7) is 0. The monoisotopic (exact) mass is 110 g/mol. The molecule has 0 radical (unpaired) electrons. The van der Waals surface area contributed by atoms with Gasteiger partial charge in [-0.25, -0.2) is 5.53 Å².